The average Bonchev–Trinajstić information content (AvgIpc) is 2.76. The standard InChI is InChI=1S/C13H24N2O2/c1-10-3-2-5-13(14,7-10)12(17)15-6-4-11(8-15)9-16/h10-11,16H,2-9,14H2,1H3. The molecule has 4 heteroatoms. The largest absolute Gasteiger partial charge is 0.396 e. The lowest BCUT2D eigenvalue weighted by Crippen LogP contribution is -2.57. The van der Waals surface area contributed by atoms with Gasteiger partial charge in [0.1, 0.15) is 0 Å². The number of hydrogen-bond donors (Lipinski definition) is 2. The Morgan fingerprint density at radius 2 is 2.29 bits per heavy atom. The summed E-state index contributed by atoms with van der Waals surface area (Å²) in [6.45, 7) is 3.80. The van der Waals surface area contributed by atoms with Gasteiger partial charge in [0, 0.05) is 25.6 Å². The molecule has 98 valence electrons. The van der Waals surface area contributed by atoms with Gasteiger partial charge >= 0.3 is 0 Å². The third-order valence-electron chi connectivity index (χ3n) is 4.29. The van der Waals surface area contributed by atoms with E-state index < -0.39 is 5.54 Å². The summed E-state index contributed by atoms with van der Waals surface area (Å²) in [6.07, 6.45) is 4.78. The second-order valence-electron chi connectivity index (χ2n) is 5.95. The van der Waals surface area contributed by atoms with Crippen LogP contribution in [0.1, 0.15) is 39.0 Å². The molecule has 0 aromatic heterocycles. The van der Waals surface area contributed by atoms with Gasteiger partial charge in [0.05, 0.1) is 5.54 Å². The zero-order chi connectivity index (χ0) is 12.5. The number of carbonyl (C=O) groups is 1. The van der Waals surface area contributed by atoms with Gasteiger partial charge in [-0.3, -0.25) is 4.79 Å². The molecule has 3 N–H and O–H groups in total. The first kappa shape index (κ1) is 12.8. The summed E-state index contributed by atoms with van der Waals surface area (Å²) < 4.78 is 0. The Labute approximate surface area is 103 Å². The van der Waals surface area contributed by atoms with Crippen molar-refractivity contribution in [3.8, 4) is 0 Å². The lowest BCUT2D eigenvalue weighted by molar-refractivity contribution is -0.137. The second kappa shape index (κ2) is 4.94. The van der Waals surface area contributed by atoms with E-state index in [0.29, 0.717) is 12.5 Å². The fraction of sp³-hybridized carbons (Fsp3) is 0.923. The van der Waals surface area contributed by atoms with E-state index in [0.717, 1.165) is 32.2 Å². The maximum Gasteiger partial charge on any atom is 0.242 e. The molecule has 0 aromatic rings. The van der Waals surface area contributed by atoms with Crippen molar-refractivity contribution in [3.05, 3.63) is 0 Å². The number of aliphatic hydroxyl groups is 1. The fourth-order valence-electron chi connectivity index (χ4n) is 3.27. The molecule has 0 bridgehead atoms. The summed E-state index contributed by atoms with van der Waals surface area (Å²) in [5, 5.41) is 9.11. The van der Waals surface area contributed by atoms with Gasteiger partial charge in [0.15, 0.2) is 0 Å². The molecule has 3 atom stereocenters. The van der Waals surface area contributed by atoms with Crippen LogP contribution in [0.2, 0.25) is 0 Å². The number of aliphatic hydroxyl groups excluding tert-OH is 1. The Kier molecular flexibility index (Phi) is 3.73. The zero-order valence-electron chi connectivity index (χ0n) is 10.7. The van der Waals surface area contributed by atoms with Gasteiger partial charge in [-0.15, -0.1) is 0 Å². The van der Waals surface area contributed by atoms with Crippen LogP contribution < -0.4 is 5.73 Å². The van der Waals surface area contributed by atoms with E-state index in [1.807, 2.05) is 4.90 Å². The summed E-state index contributed by atoms with van der Waals surface area (Å²) in [5.41, 5.74) is 5.67. The Balaban J connectivity index is 1.99. The van der Waals surface area contributed by atoms with Crippen LogP contribution in [-0.2, 0) is 4.79 Å². The van der Waals surface area contributed by atoms with Gasteiger partial charge in [-0.1, -0.05) is 19.8 Å². The SMILES string of the molecule is CC1CCCC(N)(C(=O)N2CCC(CO)C2)C1. The molecule has 1 amide bonds. The number of nitrogens with zero attached hydrogens (tertiary/aromatic N) is 1. The van der Waals surface area contributed by atoms with Crippen molar-refractivity contribution in [3.63, 3.8) is 0 Å². The molecular weight excluding hydrogens is 216 g/mol. The number of nitrogens with two attached hydrogens (primary N) is 1. The van der Waals surface area contributed by atoms with Crippen molar-refractivity contribution >= 4 is 5.91 Å². The Morgan fingerprint density at radius 1 is 1.53 bits per heavy atom. The number of likely N-dealkylation sites (tertiary alicyclic amines) is 1. The number of hydrogen-bond acceptors (Lipinski definition) is 3. The Morgan fingerprint density at radius 3 is 2.88 bits per heavy atom. The van der Waals surface area contributed by atoms with Crippen LogP contribution in [0, 0.1) is 11.8 Å². The highest BCUT2D eigenvalue weighted by molar-refractivity contribution is 5.86. The third kappa shape index (κ3) is 2.63. The van der Waals surface area contributed by atoms with Gasteiger partial charge in [-0.05, 0) is 25.2 Å². The molecule has 1 saturated heterocycles. The molecule has 4 nitrogen and oxygen atoms in total. The summed E-state index contributed by atoms with van der Waals surface area (Å²) in [5.74, 6) is 0.914. The van der Waals surface area contributed by atoms with Crippen LogP contribution >= 0.6 is 0 Å². The normalized spacial score (nSPS) is 38.4. The van der Waals surface area contributed by atoms with E-state index in [1.54, 1.807) is 0 Å². The van der Waals surface area contributed by atoms with Gasteiger partial charge < -0.3 is 15.7 Å². The first-order chi connectivity index (χ1) is 8.05. The fourth-order valence-corrected chi connectivity index (χ4v) is 3.27. The highest BCUT2D eigenvalue weighted by Gasteiger charge is 2.42. The zero-order valence-corrected chi connectivity index (χ0v) is 10.7. The van der Waals surface area contributed by atoms with E-state index in [9.17, 15) is 4.79 Å². The monoisotopic (exact) mass is 240 g/mol. The predicted octanol–water partition coefficient (Wildman–Crippen LogP) is 0.735. The molecule has 3 unspecified atom stereocenters. The summed E-state index contributed by atoms with van der Waals surface area (Å²) in [7, 11) is 0. The minimum atomic E-state index is -0.637. The van der Waals surface area contributed by atoms with E-state index in [2.05, 4.69) is 6.92 Å². The molecule has 1 aliphatic heterocycles. The van der Waals surface area contributed by atoms with Crippen LogP contribution in [-0.4, -0.2) is 41.1 Å². The molecule has 0 radical (unpaired) electrons. The van der Waals surface area contributed by atoms with Crippen molar-refractivity contribution in [2.24, 2.45) is 17.6 Å². The van der Waals surface area contributed by atoms with Gasteiger partial charge in [0.2, 0.25) is 5.91 Å². The molecule has 0 spiro atoms. The van der Waals surface area contributed by atoms with E-state index >= 15 is 0 Å². The lowest BCUT2D eigenvalue weighted by Gasteiger charge is -2.38. The van der Waals surface area contributed by atoms with Gasteiger partial charge in [-0.2, -0.15) is 0 Å². The van der Waals surface area contributed by atoms with Gasteiger partial charge in [0.25, 0.3) is 0 Å². The first-order valence-electron chi connectivity index (χ1n) is 6.74. The van der Waals surface area contributed by atoms with Crippen LogP contribution in [0.15, 0.2) is 0 Å². The van der Waals surface area contributed by atoms with Crippen molar-refractivity contribution in [1.82, 2.24) is 4.90 Å². The third-order valence-corrected chi connectivity index (χ3v) is 4.29. The Bertz CT molecular complexity index is 295. The smallest absolute Gasteiger partial charge is 0.242 e. The highest BCUT2D eigenvalue weighted by Crippen LogP contribution is 2.33. The van der Waals surface area contributed by atoms with Crippen LogP contribution in [0.4, 0.5) is 0 Å². The molecule has 2 rings (SSSR count). The second-order valence-corrected chi connectivity index (χ2v) is 5.95. The molecule has 1 saturated carbocycles. The highest BCUT2D eigenvalue weighted by atomic mass is 16.3. The van der Waals surface area contributed by atoms with E-state index in [1.165, 1.54) is 6.42 Å². The number of carbonyl (C=O) groups excluding carboxylic acids is 1. The maximum absolute atomic E-state index is 12.4. The minimum Gasteiger partial charge on any atom is -0.396 e. The number of rotatable bonds is 2. The van der Waals surface area contributed by atoms with Crippen molar-refractivity contribution in [1.29, 1.82) is 0 Å². The quantitative estimate of drug-likeness (QED) is 0.748. The minimum absolute atomic E-state index is 0.111. The molecule has 2 aliphatic rings. The molecule has 0 aromatic carbocycles. The molecule has 2 fully saturated rings. The number of amides is 1. The molecule has 17 heavy (non-hydrogen) atoms. The predicted molar refractivity (Wildman–Crippen MR) is 66.3 cm³/mol. The van der Waals surface area contributed by atoms with Crippen molar-refractivity contribution in [2.75, 3.05) is 19.7 Å². The van der Waals surface area contributed by atoms with E-state index in [-0.39, 0.29) is 18.4 Å². The first-order valence-corrected chi connectivity index (χ1v) is 6.74. The molecular formula is C13H24N2O2. The van der Waals surface area contributed by atoms with Crippen LogP contribution in [0.25, 0.3) is 0 Å². The van der Waals surface area contributed by atoms with Gasteiger partial charge in [-0.25, -0.2) is 0 Å². The van der Waals surface area contributed by atoms with Crippen LogP contribution in [0.5, 0.6) is 0 Å². The van der Waals surface area contributed by atoms with E-state index in [4.69, 9.17) is 10.8 Å². The maximum atomic E-state index is 12.4. The van der Waals surface area contributed by atoms with Crippen molar-refractivity contribution in [2.45, 2.75) is 44.6 Å². The topological polar surface area (TPSA) is 66.6 Å². The van der Waals surface area contributed by atoms with Crippen molar-refractivity contribution < 1.29 is 9.90 Å². The summed E-state index contributed by atoms with van der Waals surface area (Å²) in [6, 6.07) is 0. The summed E-state index contributed by atoms with van der Waals surface area (Å²) in [4.78, 5) is 14.3. The lowest BCUT2D eigenvalue weighted by atomic mass is 9.76. The van der Waals surface area contributed by atoms with Crippen LogP contribution in [0.3, 0.4) is 0 Å². The molecule has 1 heterocycles. The average molecular weight is 240 g/mol. The Hall–Kier alpha value is -0.610. The molecule has 1 aliphatic carbocycles. The summed E-state index contributed by atoms with van der Waals surface area (Å²) >= 11 is 0.